The summed E-state index contributed by atoms with van der Waals surface area (Å²) in [5.41, 5.74) is 1.69. The van der Waals surface area contributed by atoms with E-state index in [0.717, 1.165) is 23.7 Å². The Morgan fingerprint density at radius 2 is 2.32 bits per heavy atom. The Morgan fingerprint density at radius 3 is 3.14 bits per heavy atom. The van der Waals surface area contributed by atoms with Crippen LogP contribution in [0, 0.1) is 5.92 Å². The van der Waals surface area contributed by atoms with Crippen molar-refractivity contribution in [1.82, 2.24) is 10.3 Å². The van der Waals surface area contributed by atoms with E-state index in [0.29, 0.717) is 24.8 Å². The molecule has 3 rings (SSSR count). The van der Waals surface area contributed by atoms with Crippen LogP contribution in [0.5, 0.6) is 5.75 Å². The number of carbonyl (C=O) groups excluding carboxylic acids is 1. The van der Waals surface area contributed by atoms with Crippen molar-refractivity contribution in [3.8, 4) is 5.75 Å². The fraction of sp³-hybridized carbons (Fsp3) is 0.375. The van der Waals surface area contributed by atoms with Crippen molar-refractivity contribution < 1.29 is 9.53 Å². The molecule has 2 heterocycles. The maximum Gasteiger partial charge on any atom is 0.270 e. The molecule has 1 aliphatic rings. The van der Waals surface area contributed by atoms with Crippen molar-refractivity contribution >= 4 is 22.4 Å². The Balaban J connectivity index is 1.58. The van der Waals surface area contributed by atoms with Crippen LogP contribution >= 0.6 is 11.3 Å². The number of nitrogens with zero attached hydrogens (tertiary/aromatic N) is 1. The van der Waals surface area contributed by atoms with E-state index in [1.54, 1.807) is 12.4 Å². The molecule has 0 bridgehead atoms. The summed E-state index contributed by atoms with van der Waals surface area (Å²) in [6.07, 6.45) is 1.86. The maximum absolute atomic E-state index is 12.1. The molecule has 0 aliphatic carbocycles. The minimum Gasteiger partial charge on any atom is -0.493 e. The van der Waals surface area contributed by atoms with Gasteiger partial charge in [0.05, 0.1) is 6.61 Å². The highest BCUT2D eigenvalue weighted by molar-refractivity contribution is 7.13. The topological polar surface area (TPSA) is 63.2 Å². The van der Waals surface area contributed by atoms with Crippen LogP contribution in [0.1, 0.15) is 22.5 Å². The van der Waals surface area contributed by atoms with Crippen molar-refractivity contribution in [2.75, 3.05) is 25.5 Å². The van der Waals surface area contributed by atoms with Crippen LogP contribution < -0.4 is 15.4 Å². The number of rotatable bonds is 4. The van der Waals surface area contributed by atoms with Gasteiger partial charge < -0.3 is 15.4 Å². The lowest BCUT2D eigenvalue weighted by atomic mass is 9.97. The lowest BCUT2D eigenvalue weighted by Crippen LogP contribution is -2.30. The number of hydrogen-bond donors (Lipinski definition) is 2. The lowest BCUT2D eigenvalue weighted by Gasteiger charge is -2.14. The minimum atomic E-state index is -0.115. The summed E-state index contributed by atoms with van der Waals surface area (Å²) in [6, 6.07) is 8.11. The number of hydrogen-bond acceptors (Lipinski definition) is 5. The van der Waals surface area contributed by atoms with Crippen LogP contribution in [-0.2, 0) is 6.42 Å². The molecule has 1 aromatic carbocycles. The molecule has 1 aromatic heterocycles. The fourth-order valence-corrected chi connectivity index (χ4v) is 3.21. The second-order valence-electron chi connectivity index (χ2n) is 5.31. The third-order valence-corrected chi connectivity index (χ3v) is 4.63. The number of amides is 1. The molecule has 0 spiro atoms. The standard InChI is InChI=1S/C16H19N3O2S/c1-17-16-19-13(10-22-16)15(20)18-9-11-6-7-21-14-5-3-2-4-12(14)8-11/h2-5,10-11H,6-9H2,1H3,(H,17,19)(H,18,20)/t11-/m1/s1. The van der Waals surface area contributed by atoms with E-state index in [-0.39, 0.29) is 5.91 Å². The van der Waals surface area contributed by atoms with Gasteiger partial charge in [0.1, 0.15) is 11.4 Å². The molecule has 6 heteroatoms. The van der Waals surface area contributed by atoms with Crippen molar-refractivity contribution in [2.24, 2.45) is 5.92 Å². The van der Waals surface area contributed by atoms with E-state index in [2.05, 4.69) is 21.7 Å². The average Bonchev–Trinajstić information content (AvgIpc) is 2.93. The number of benzene rings is 1. The number of anilines is 1. The van der Waals surface area contributed by atoms with Crippen LogP contribution in [0.2, 0.25) is 0 Å². The summed E-state index contributed by atoms with van der Waals surface area (Å²) in [6.45, 7) is 1.33. The molecule has 0 fully saturated rings. The molecule has 1 aliphatic heterocycles. The molecular formula is C16H19N3O2S. The first-order chi connectivity index (χ1) is 10.8. The van der Waals surface area contributed by atoms with Crippen LogP contribution in [0.15, 0.2) is 29.6 Å². The van der Waals surface area contributed by atoms with Gasteiger partial charge in [-0.15, -0.1) is 11.3 Å². The Morgan fingerprint density at radius 1 is 1.45 bits per heavy atom. The van der Waals surface area contributed by atoms with E-state index in [1.165, 1.54) is 16.9 Å². The van der Waals surface area contributed by atoms with E-state index in [1.807, 2.05) is 18.2 Å². The fourth-order valence-electron chi connectivity index (χ4n) is 2.56. The van der Waals surface area contributed by atoms with E-state index in [4.69, 9.17) is 4.74 Å². The molecule has 2 N–H and O–H groups in total. The molecule has 0 unspecified atom stereocenters. The lowest BCUT2D eigenvalue weighted by molar-refractivity contribution is 0.0941. The monoisotopic (exact) mass is 317 g/mol. The predicted molar refractivity (Wildman–Crippen MR) is 87.7 cm³/mol. The molecule has 1 atom stereocenters. The summed E-state index contributed by atoms with van der Waals surface area (Å²) in [4.78, 5) is 16.3. The van der Waals surface area contributed by atoms with Crippen molar-refractivity contribution in [3.63, 3.8) is 0 Å². The highest BCUT2D eigenvalue weighted by Gasteiger charge is 2.19. The highest BCUT2D eigenvalue weighted by Crippen LogP contribution is 2.26. The normalized spacial score (nSPS) is 17.0. The predicted octanol–water partition coefficient (Wildman–Crippen LogP) is 2.56. The second-order valence-corrected chi connectivity index (χ2v) is 6.17. The third-order valence-electron chi connectivity index (χ3n) is 3.77. The molecule has 1 amide bonds. The van der Waals surface area contributed by atoms with Gasteiger partial charge in [0.25, 0.3) is 5.91 Å². The zero-order chi connectivity index (χ0) is 15.4. The van der Waals surface area contributed by atoms with Gasteiger partial charge in [-0.1, -0.05) is 18.2 Å². The molecule has 22 heavy (non-hydrogen) atoms. The molecule has 0 saturated carbocycles. The molecule has 0 saturated heterocycles. The molecule has 0 radical (unpaired) electrons. The smallest absolute Gasteiger partial charge is 0.270 e. The zero-order valence-electron chi connectivity index (χ0n) is 12.5. The van der Waals surface area contributed by atoms with Gasteiger partial charge in [-0.3, -0.25) is 4.79 Å². The van der Waals surface area contributed by atoms with Gasteiger partial charge in [0, 0.05) is 19.0 Å². The average molecular weight is 317 g/mol. The van der Waals surface area contributed by atoms with Gasteiger partial charge in [-0.05, 0) is 30.4 Å². The van der Waals surface area contributed by atoms with Crippen LogP contribution in [0.4, 0.5) is 5.13 Å². The summed E-state index contributed by atoms with van der Waals surface area (Å²) >= 11 is 1.43. The number of para-hydroxylation sites is 1. The first kappa shape index (κ1) is 14.8. The number of carbonyl (C=O) groups is 1. The highest BCUT2D eigenvalue weighted by atomic mass is 32.1. The van der Waals surface area contributed by atoms with Crippen LogP contribution in [-0.4, -0.2) is 31.1 Å². The summed E-state index contributed by atoms with van der Waals surface area (Å²) < 4.78 is 5.76. The van der Waals surface area contributed by atoms with E-state index >= 15 is 0 Å². The van der Waals surface area contributed by atoms with Crippen LogP contribution in [0.25, 0.3) is 0 Å². The Kier molecular flexibility index (Phi) is 4.58. The third kappa shape index (κ3) is 3.39. The number of ether oxygens (including phenoxy) is 1. The Labute approximate surface area is 133 Å². The Hall–Kier alpha value is -2.08. The largest absolute Gasteiger partial charge is 0.493 e. The summed E-state index contributed by atoms with van der Waals surface area (Å²) in [7, 11) is 1.80. The van der Waals surface area contributed by atoms with Gasteiger partial charge in [-0.25, -0.2) is 4.98 Å². The van der Waals surface area contributed by atoms with E-state index in [9.17, 15) is 4.79 Å². The first-order valence-corrected chi connectivity index (χ1v) is 8.26. The van der Waals surface area contributed by atoms with Crippen molar-refractivity contribution in [3.05, 3.63) is 40.9 Å². The Bertz CT molecular complexity index is 656. The van der Waals surface area contributed by atoms with Crippen molar-refractivity contribution in [1.29, 1.82) is 0 Å². The second kappa shape index (κ2) is 6.79. The summed E-state index contributed by atoms with van der Waals surface area (Å²) in [5.74, 6) is 1.24. The quantitative estimate of drug-likeness (QED) is 0.910. The first-order valence-electron chi connectivity index (χ1n) is 7.38. The zero-order valence-corrected chi connectivity index (χ0v) is 13.3. The van der Waals surface area contributed by atoms with Gasteiger partial charge in [0.2, 0.25) is 0 Å². The molecular weight excluding hydrogens is 298 g/mol. The summed E-state index contributed by atoms with van der Waals surface area (Å²) in [5, 5.41) is 8.45. The van der Waals surface area contributed by atoms with Gasteiger partial charge in [-0.2, -0.15) is 0 Å². The number of fused-ring (bicyclic) bond motifs is 1. The van der Waals surface area contributed by atoms with Crippen molar-refractivity contribution in [2.45, 2.75) is 12.8 Å². The van der Waals surface area contributed by atoms with E-state index < -0.39 is 0 Å². The van der Waals surface area contributed by atoms with Gasteiger partial charge >= 0.3 is 0 Å². The molecule has 116 valence electrons. The van der Waals surface area contributed by atoms with Crippen LogP contribution in [0.3, 0.4) is 0 Å². The maximum atomic E-state index is 12.1. The molecule has 5 nitrogen and oxygen atoms in total. The number of nitrogens with one attached hydrogen (secondary N) is 2. The SMILES string of the molecule is CNc1nc(C(=O)NC[C@@H]2CCOc3ccccc3C2)cs1. The number of aromatic nitrogens is 1. The minimum absolute atomic E-state index is 0.115. The molecule has 2 aromatic rings. The number of thiazole rings is 1. The van der Waals surface area contributed by atoms with Gasteiger partial charge in [0.15, 0.2) is 5.13 Å².